The lowest BCUT2D eigenvalue weighted by atomic mass is 10.1. The van der Waals surface area contributed by atoms with E-state index in [0.717, 1.165) is 16.7 Å². The summed E-state index contributed by atoms with van der Waals surface area (Å²) in [4.78, 5) is 28.3. The first-order chi connectivity index (χ1) is 14.4. The third-order valence-corrected chi connectivity index (χ3v) is 4.64. The number of aliphatic imine (C=N–C) groups is 2. The van der Waals surface area contributed by atoms with E-state index in [1.54, 1.807) is 18.5 Å². The van der Waals surface area contributed by atoms with Crippen molar-refractivity contribution in [2.45, 2.75) is 19.5 Å². The van der Waals surface area contributed by atoms with Crippen LogP contribution in [0.5, 0.6) is 11.5 Å². The smallest absolute Gasteiger partial charge is 0.311 e. The van der Waals surface area contributed by atoms with Crippen LogP contribution >= 0.6 is 11.6 Å². The Balaban J connectivity index is 0.000000177. The summed E-state index contributed by atoms with van der Waals surface area (Å²) in [6.45, 7) is 1.42. The fraction of sp³-hybridized carbons (Fsp3) is 0.263. The molecule has 0 bridgehead atoms. The first-order valence-electron chi connectivity index (χ1n) is 8.90. The minimum atomic E-state index is -0.609. The number of ether oxygens (including phenoxy) is 1. The van der Waals surface area contributed by atoms with E-state index in [9.17, 15) is 25.3 Å². The number of halogens is 1. The van der Waals surface area contributed by atoms with Gasteiger partial charge >= 0.3 is 11.4 Å². The predicted molar refractivity (Wildman–Crippen MR) is 111 cm³/mol. The fourth-order valence-corrected chi connectivity index (χ4v) is 3.01. The standard InChI is InChI=1S/C11H11ClN2O3.C8H6N2O3/c12-2-1-3-17-11-5-9-7-13-6-8(9)4-10(11)14(15)16;11-8-2-6-4-9-3-5(6)1-7(8)10(12)13/h4-6H,1-3,7H2;1-3,11H,4H2. The monoisotopic (exact) mass is 432 g/mol. The van der Waals surface area contributed by atoms with Crippen LogP contribution in [0.25, 0.3) is 0 Å². The van der Waals surface area contributed by atoms with Crippen molar-refractivity contribution >= 4 is 35.4 Å². The quantitative estimate of drug-likeness (QED) is 0.319. The van der Waals surface area contributed by atoms with Gasteiger partial charge in [-0.1, -0.05) is 0 Å². The minimum Gasteiger partial charge on any atom is -0.502 e. The molecule has 0 fully saturated rings. The summed E-state index contributed by atoms with van der Waals surface area (Å²) in [5.41, 5.74) is 2.99. The Morgan fingerprint density at radius 2 is 1.53 bits per heavy atom. The highest BCUT2D eigenvalue weighted by Crippen LogP contribution is 2.32. The first kappa shape index (κ1) is 21.2. The molecule has 0 amide bonds. The average molecular weight is 433 g/mol. The molecule has 0 saturated carbocycles. The van der Waals surface area contributed by atoms with Gasteiger partial charge in [0.25, 0.3) is 0 Å². The molecular weight excluding hydrogens is 416 g/mol. The third kappa shape index (κ3) is 4.71. The van der Waals surface area contributed by atoms with E-state index in [0.29, 0.717) is 43.3 Å². The average Bonchev–Trinajstić information content (AvgIpc) is 3.35. The highest BCUT2D eigenvalue weighted by molar-refractivity contribution is 6.17. The number of benzene rings is 2. The van der Waals surface area contributed by atoms with E-state index in [2.05, 4.69) is 9.98 Å². The van der Waals surface area contributed by atoms with Crippen molar-refractivity contribution in [2.75, 3.05) is 12.5 Å². The van der Waals surface area contributed by atoms with Crippen LogP contribution in [0.4, 0.5) is 11.4 Å². The third-order valence-electron chi connectivity index (χ3n) is 4.37. The summed E-state index contributed by atoms with van der Waals surface area (Å²) >= 11 is 5.53. The first-order valence-corrected chi connectivity index (χ1v) is 9.44. The number of phenols is 1. The number of alkyl halides is 1. The van der Waals surface area contributed by atoms with Crippen molar-refractivity contribution in [3.63, 3.8) is 0 Å². The van der Waals surface area contributed by atoms with Crippen molar-refractivity contribution in [1.82, 2.24) is 0 Å². The molecule has 4 rings (SSSR count). The van der Waals surface area contributed by atoms with Gasteiger partial charge in [-0.25, -0.2) is 0 Å². The summed E-state index contributed by atoms with van der Waals surface area (Å²) in [7, 11) is 0. The summed E-state index contributed by atoms with van der Waals surface area (Å²) < 4.78 is 5.38. The van der Waals surface area contributed by atoms with Crippen LogP contribution < -0.4 is 4.74 Å². The zero-order valence-electron chi connectivity index (χ0n) is 15.7. The molecule has 2 aliphatic heterocycles. The summed E-state index contributed by atoms with van der Waals surface area (Å²) in [5, 5.41) is 30.6. The number of aromatic hydroxyl groups is 1. The lowest BCUT2D eigenvalue weighted by Crippen LogP contribution is -2.02. The number of hydrogen-bond acceptors (Lipinski definition) is 8. The SMILES string of the molecule is O=[N+]([O-])c1cc2c(cc1O)CN=C2.O=[N+]([O-])c1cc2c(cc1OCCCCl)CN=C2. The zero-order chi connectivity index (χ0) is 21.7. The highest BCUT2D eigenvalue weighted by Gasteiger charge is 2.20. The van der Waals surface area contributed by atoms with Crippen LogP contribution in [0.15, 0.2) is 34.3 Å². The van der Waals surface area contributed by atoms with Crippen LogP contribution in [0, 0.1) is 20.2 Å². The molecule has 1 N–H and O–H groups in total. The molecule has 0 aliphatic carbocycles. The molecule has 10 nitrogen and oxygen atoms in total. The molecule has 2 aromatic carbocycles. The van der Waals surface area contributed by atoms with Crippen LogP contribution in [0.2, 0.25) is 0 Å². The van der Waals surface area contributed by atoms with Gasteiger partial charge in [-0.2, -0.15) is 0 Å². The van der Waals surface area contributed by atoms with Crippen molar-refractivity contribution in [3.8, 4) is 11.5 Å². The molecule has 2 aliphatic rings. The van der Waals surface area contributed by atoms with E-state index in [1.165, 1.54) is 18.2 Å². The van der Waals surface area contributed by atoms with E-state index < -0.39 is 9.85 Å². The van der Waals surface area contributed by atoms with Crippen molar-refractivity contribution < 1.29 is 19.7 Å². The molecule has 156 valence electrons. The second-order valence-corrected chi connectivity index (χ2v) is 6.78. The van der Waals surface area contributed by atoms with Gasteiger partial charge in [0.2, 0.25) is 0 Å². The zero-order valence-corrected chi connectivity index (χ0v) is 16.4. The van der Waals surface area contributed by atoms with Gasteiger partial charge in [-0.3, -0.25) is 30.2 Å². The van der Waals surface area contributed by atoms with Gasteiger partial charge in [-0.15, -0.1) is 11.6 Å². The molecule has 30 heavy (non-hydrogen) atoms. The Labute approximate surface area is 175 Å². The maximum atomic E-state index is 10.9. The Bertz CT molecular complexity index is 1050. The molecule has 2 aromatic rings. The van der Waals surface area contributed by atoms with E-state index in [1.807, 2.05) is 0 Å². The van der Waals surface area contributed by atoms with E-state index in [4.69, 9.17) is 16.3 Å². The molecule has 0 aromatic heterocycles. The Morgan fingerprint density at radius 1 is 0.967 bits per heavy atom. The molecule has 2 heterocycles. The van der Waals surface area contributed by atoms with Crippen LogP contribution in [0.3, 0.4) is 0 Å². The second-order valence-electron chi connectivity index (χ2n) is 6.40. The van der Waals surface area contributed by atoms with Crippen LogP contribution in [0.1, 0.15) is 28.7 Å². The summed E-state index contributed by atoms with van der Waals surface area (Å²) in [5.74, 6) is 0.473. The maximum absolute atomic E-state index is 10.9. The molecule has 0 unspecified atom stereocenters. The number of rotatable bonds is 6. The Morgan fingerprint density at radius 3 is 2.10 bits per heavy atom. The molecule has 0 spiro atoms. The van der Waals surface area contributed by atoms with Crippen LogP contribution in [-0.2, 0) is 13.1 Å². The molecular formula is C19H17ClN4O6. The number of fused-ring (bicyclic) bond motifs is 2. The number of nitrogens with zero attached hydrogens (tertiary/aromatic N) is 4. The topological polar surface area (TPSA) is 140 Å². The fourth-order valence-electron chi connectivity index (χ4n) is 2.90. The Hall–Kier alpha value is -3.53. The molecule has 0 saturated heterocycles. The number of hydrogen-bond donors (Lipinski definition) is 1. The van der Waals surface area contributed by atoms with Gasteiger partial charge in [-0.05, 0) is 29.7 Å². The van der Waals surface area contributed by atoms with Gasteiger partial charge in [0.05, 0.1) is 29.5 Å². The summed E-state index contributed by atoms with van der Waals surface area (Å²) in [6.07, 6.45) is 3.87. The number of nitro benzene ring substituents is 2. The number of nitro groups is 2. The van der Waals surface area contributed by atoms with Crippen molar-refractivity contribution in [2.24, 2.45) is 9.98 Å². The minimum absolute atomic E-state index is 0.0216. The van der Waals surface area contributed by atoms with E-state index in [-0.39, 0.29) is 17.1 Å². The van der Waals surface area contributed by atoms with Gasteiger partial charge < -0.3 is 9.84 Å². The maximum Gasteiger partial charge on any atom is 0.311 e. The normalized spacial score (nSPS) is 12.7. The molecule has 0 radical (unpaired) electrons. The van der Waals surface area contributed by atoms with Crippen molar-refractivity contribution in [3.05, 3.63) is 66.7 Å². The van der Waals surface area contributed by atoms with Crippen LogP contribution in [-0.4, -0.2) is 39.9 Å². The highest BCUT2D eigenvalue weighted by atomic mass is 35.5. The molecule has 0 atom stereocenters. The lowest BCUT2D eigenvalue weighted by Gasteiger charge is -2.07. The van der Waals surface area contributed by atoms with Gasteiger partial charge in [0.15, 0.2) is 11.5 Å². The molecule has 11 heteroatoms. The van der Waals surface area contributed by atoms with Gasteiger partial charge in [0.1, 0.15) is 0 Å². The Kier molecular flexibility index (Phi) is 6.58. The number of phenolic OH excluding ortho intramolecular Hbond substituents is 1. The van der Waals surface area contributed by atoms with E-state index >= 15 is 0 Å². The largest absolute Gasteiger partial charge is 0.502 e. The lowest BCUT2D eigenvalue weighted by molar-refractivity contribution is -0.386. The van der Waals surface area contributed by atoms with Crippen molar-refractivity contribution in [1.29, 1.82) is 0 Å². The second kappa shape index (κ2) is 9.31. The van der Waals surface area contributed by atoms with Gasteiger partial charge in [0, 0.05) is 41.6 Å². The predicted octanol–water partition coefficient (Wildman–Crippen LogP) is 3.77. The summed E-state index contributed by atoms with van der Waals surface area (Å²) in [6, 6.07) is 5.91.